The summed E-state index contributed by atoms with van der Waals surface area (Å²) in [7, 11) is 0. The largest absolute Gasteiger partial charge is 0.356 e. The lowest BCUT2D eigenvalue weighted by atomic mass is 9.94. The number of hydrogen-bond acceptors (Lipinski definition) is 2. The van der Waals surface area contributed by atoms with Crippen LogP contribution in [0.5, 0.6) is 0 Å². The summed E-state index contributed by atoms with van der Waals surface area (Å²) in [6.07, 6.45) is 9.58. The molecule has 0 spiro atoms. The van der Waals surface area contributed by atoms with Gasteiger partial charge in [-0.05, 0) is 56.6 Å². The van der Waals surface area contributed by atoms with Gasteiger partial charge in [-0.3, -0.25) is 9.59 Å². The summed E-state index contributed by atoms with van der Waals surface area (Å²) in [5.74, 6) is -0.327. The fourth-order valence-corrected chi connectivity index (χ4v) is 3.93. The summed E-state index contributed by atoms with van der Waals surface area (Å²) in [5, 5.41) is 3.06. The van der Waals surface area contributed by atoms with Gasteiger partial charge < -0.3 is 10.2 Å². The Labute approximate surface area is 160 Å². The summed E-state index contributed by atoms with van der Waals surface area (Å²) < 4.78 is 13.7. The number of rotatable bonds is 6. The Bertz CT molecular complexity index is 693. The standard InChI is InChI=1S/C22H29FN2O2/c23-20-9-5-4-8-19(20)16-21(26)25-14-11-18(12-15-25)22(27)24-13-10-17-6-2-1-3-7-17/h4-6,8-9,18H,1-3,7,10-16H2,(H,24,27). The molecular formula is C22H29FN2O2. The lowest BCUT2D eigenvalue weighted by molar-refractivity contribution is -0.135. The number of halogens is 1. The molecule has 4 nitrogen and oxygen atoms in total. The first-order chi connectivity index (χ1) is 13.1. The van der Waals surface area contributed by atoms with Gasteiger partial charge in [-0.1, -0.05) is 29.8 Å². The molecule has 0 atom stereocenters. The Balaban J connectivity index is 1.39. The van der Waals surface area contributed by atoms with Crippen LogP contribution in [-0.2, 0) is 16.0 Å². The molecule has 3 rings (SSSR count). The highest BCUT2D eigenvalue weighted by Gasteiger charge is 2.27. The molecule has 0 unspecified atom stereocenters. The molecule has 0 aromatic heterocycles. The topological polar surface area (TPSA) is 49.4 Å². The minimum atomic E-state index is -0.340. The van der Waals surface area contributed by atoms with E-state index in [1.165, 1.54) is 37.3 Å². The van der Waals surface area contributed by atoms with Crippen LogP contribution in [0.1, 0.15) is 50.5 Å². The Hall–Kier alpha value is -2.17. The molecule has 2 aliphatic rings. The van der Waals surface area contributed by atoms with Gasteiger partial charge >= 0.3 is 0 Å². The van der Waals surface area contributed by atoms with Crippen LogP contribution in [0.2, 0.25) is 0 Å². The number of amides is 2. The minimum Gasteiger partial charge on any atom is -0.356 e. The van der Waals surface area contributed by atoms with E-state index in [1.54, 1.807) is 23.1 Å². The SMILES string of the molecule is O=C(NCCC1=CCCCC1)C1CCN(C(=O)Cc2ccccc2F)CC1. The Morgan fingerprint density at radius 2 is 1.93 bits per heavy atom. The van der Waals surface area contributed by atoms with E-state index >= 15 is 0 Å². The molecule has 1 aliphatic heterocycles. The summed E-state index contributed by atoms with van der Waals surface area (Å²) in [5.41, 5.74) is 1.90. The third kappa shape index (κ3) is 5.65. The first-order valence-corrected chi connectivity index (χ1v) is 10.1. The number of allylic oxidation sites excluding steroid dienone is 1. The number of hydrogen-bond donors (Lipinski definition) is 1. The average molecular weight is 372 g/mol. The van der Waals surface area contributed by atoms with Gasteiger partial charge in [0.2, 0.25) is 11.8 Å². The third-order valence-corrected chi connectivity index (χ3v) is 5.65. The molecule has 27 heavy (non-hydrogen) atoms. The molecule has 1 N–H and O–H groups in total. The molecule has 1 aromatic rings. The molecule has 1 saturated heterocycles. The number of carbonyl (C=O) groups excluding carboxylic acids is 2. The van der Waals surface area contributed by atoms with Gasteiger partial charge in [0.25, 0.3) is 0 Å². The van der Waals surface area contributed by atoms with Crippen LogP contribution in [0.25, 0.3) is 0 Å². The fraction of sp³-hybridized carbons (Fsp3) is 0.545. The van der Waals surface area contributed by atoms with E-state index in [9.17, 15) is 14.0 Å². The molecule has 5 heteroatoms. The zero-order valence-electron chi connectivity index (χ0n) is 15.9. The van der Waals surface area contributed by atoms with Crippen LogP contribution in [0.15, 0.2) is 35.9 Å². The van der Waals surface area contributed by atoms with Crippen molar-refractivity contribution in [2.24, 2.45) is 5.92 Å². The second kappa shape index (κ2) is 9.67. The molecule has 0 saturated carbocycles. The Morgan fingerprint density at radius 3 is 2.63 bits per heavy atom. The van der Waals surface area contributed by atoms with Crippen molar-refractivity contribution in [1.29, 1.82) is 0 Å². The summed E-state index contributed by atoms with van der Waals surface area (Å²) in [6.45, 7) is 1.84. The van der Waals surface area contributed by atoms with Crippen molar-refractivity contribution in [3.63, 3.8) is 0 Å². The van der Waals surface area contributed by atoms with E-state index in [2.05, 4.69) is 11.4 Å². The zero-order valence-corrected chi connectivity index (χ0v) is 15.9. The third-order valence-electron chi connectivity index (χ3n) is 5.65. The molecule has 1 fully saturated rings. The summed E-state index contributed by atoms with van der Waals surface area (Å²) in [6, 6.07) is 6.39. The second-order valence-electron chi connectivity index (χ2n) is 7.57. The van der Waals surface area contributed by atoms with E-state index in [0.717, 1.165) is 6.42 Å². The Kier molecular flexibility index (Phi) is 7.02. The highest BCUT2D eigenvalue weighted by Crippen LogP contribution is 2.21. The first kappa shape index (κ1) is 19.6. The number of piperidine rings is 1. The molecule has 0 radical (unpaired) electrons. The van der Waals surface area contributed by atoms with Crippen LogP contribution >= 0.6 is 0 Å². The molecular weight excluding hydrogens is 343 g/mol. The second-order valence-corrected chi connectivity index (χ2v) is 7.57. The van der Waals surface area contributed by atoms with E-state index < -0.39 is 0 Å². The normalized spacial score (nSPS) is 18.1. The van der Waals surface area contributed by atoms with Crippen molar-refractivity contribution in [3.8, 4) is 0 Å². The van der Waals surface area contributed by atoms with Crippen LogP contribution in [0.3, 0.4) is 0 Å². The average Bonchev–Trinajstić information content (AvgIpc) is 2.70. The van der Waals surface area contributed by atoms with E-state index in [4.69, 9.17) is 0 Å². The van der Waals surface area contributed by atoms with Gasteiger partial charge in [-0.25, -0.2) is 4.39 Å². The van der Waals surface area contributed by atoms with Gasteiger partial charge in [-0.15, -0.1) is 0 Å². The molecule has 0 bridgehead atoms. The van der Waals surface area contributed by atoms with Crippen molar-refractivity contribution < 1.29 is 14.0 Å². The smallest absolute Gasteiger partial charge is 0.227 e. The number of likely N-dealkylation sites (tertiary alicyclic amines) is 1. The molecule has 146 valence electrons. The number of benzene rings is 1. The number of nitrogens with one attached hydrogen (secondary N) is 1. The molecule has 1 aliphatic carbocycles. The van der Waals surface area contributed by atoms with Gasteiger partial charge in [-0.2, -0.15) is 0 Å². The highest BCUT2D eigenvalue weighted by atomic mass is 19.1. The number of nitrogens with zero attached hydrogens (tertiary/aromatic N) is 1. The summed E-state index contributed by atoms with van der Waals surface area (Å²) >= 11 is 0. The predicted molar refractivity (Wildman–Crippen MR) is 104 cm³/mol. The lowest BCUT2D eigenvalue weighted by Gasteiger charge is -2.31. The minimum absolute atomic E-state index is 0.0251. The van der Waals surface area contributed by atoms with Gasteiger partial charge in [0.1, 0.15) is 5.82 Å². The van der Waals surface area contributed by atoms with Crippen molar-refractivity contribution in [1.82, 2.24) is 10.2 Å². The number of carbonyl (C=O) groups is 2. The maximum atomic E-state index is 13.7. The van der Waals surface area contributed by atoms with Crippen molar-refractivity contribution in [2.75, 3.05) is 19.6 Å². The van der Waals surface area contributed by atoms with Crippen LogP contribution < -0.4 is 5.32 Å². The van der Waals surface area contributed by atoms with Crippen molar-refractivity contribution >= 4 is 11.8 Å². The zero-order chi connectivity index (χ0) is 19.1. The van der Waals surface area contributed by atoms with Crippen molar-refractivity contribution in [3.05, 3.63) is 47.3 Å². The van der Waals surface area contributed by atoms with Crippen LogP contribution in [-0.4, -0.2) is 36.3 Å². The molecule has 1 heterocycles. The lowest BCUT2D eigenvalue weighted by Crippen LogP contribution is -2.43. The van der Waals surface area contributed by atoms with E-state index in [1.807, 2.05) is 0 Å². The quantitative estimate of drug-likeness (QED) is 0.776. The molecule has 2 amide bonds. The van der Waals surface area contributed by atoms with Crippen LogP contribution in [0, 0.1) is 11.7 Å². The maximum absolute atomic E-state index is 13.7. The first-order valence-electron chi connectivity index (χ1n) is 10.1. The van der Waals surface area contributed by atoms with E-state index in [-0.39, 0.29) is 30.0 Å². The highest BCUT2D eigenvalue weighted by molar-refractivity contribution is 5.81. The van der Waals surface area contributed by atoms with Gasteiger partial charge in [0.15, 0.2) is 0 Å². The molecule has 1 aromatic carbocycles. The Morgan fingerprint density at radius 1 is 1.15 bits per heavy atom. The predicted octanol–water partition coefficient (Wildman–Crippen LogP) is 3.61. The van der Waals surface area contributed by atoms with Gasteiger partial charge in [0.05, 0.1) is 6.42 Å². The van der Waals surface area contributed by atoms with Crippen molar-refractivity contribution in [2.45, 2.75) is 51.4 Å². The van der Waals surface area contributed by atoms with Crippen LogP contribution in [0.4, 0.5) is 4.39 Å². The van der Waals surface area contributed by atoms with E-state index in [0.29, 0.717) is 38.0 Å². The fourth-order valence-electron chi connectivity index (χ4n) is 3.93. The summed E-state index contributed by atoms with van der Waals surface area (Å²) in [4.78, 5) is 26.5. The van der Waals surface area contributed by atoms with Gasteiger partial charge in [0, 0.05) is 25.6 Å². The maximum Gasteiger partial charge on any atom is 0.227 e. The monoisotopic (exact) mass is 372 g/mol.